The summed E-state index contributed by atoms with van der Waals surface area (Å²) in [7, 11) is 0. The molecule has 2 saturated carbocycles. The number of aryl methyl sites for hydroxylation is 1. The van der Waals surface area contributed by atoms with E-state index in [0.717, 1.165) is 11.7 Å². The van der Waals surface area contributed by atoms with E-state index in [1.807, 2.05) is 0 Å². The molecule has 2 aromatic carbocycles. The normalized spacial score (nSPS) is 34.5. The molecule has 128 valence electrons. The maximum atomic E-state index is 6.75. The molecule has 2 heteroatoms. The van der Waals surface area contributed by atoms with E-state index < -0.39 is 0 Å². The molecule has 0 spiro atoms. The zero-order valence-electron chi connectivity index (χ0n) is 15.4. The van der Waals surface area contributed by atoms with Crippen molar-refractivity contribution in [3.05, 3.63) is 41.5 Å². The Bertz CT molecular complexity index is 1060. The van der Waals surface area contributed by atoms with Gasteiger partial charge in [0.05, 0.1) is 5.52 Å². The number of aromatic nitrogens is 1. The molecule has 0 amide bonds. The molecule has 0 unspecified atom stereocenters. The third-order valence-corrected chi connectivity index (χ3v) is 7.83. The minimum atomic E-state index is 0.0301. The Hall–Kier alpha value is -1.96. The van der Waals surface area contributed by atoms with Crippen LogP contribution in [0.1, 0.15) is 50.7 Å². The summed E-state index contributed by atoms with van der Waals surface area (Å²) in [5, 5.41) is 2.69. The van der Waals surface area contributed by atoms with Crippen LogP contribution in [-0.4, -0.2) is 10.6 Å². The molecule has 4 atom stereocenters. The van der Waals surface area contributed by atoms with Crippen LogP contribution in [0.2, 0.25) is 0 Å². The number of ether oxygens (including phenoxy) is 1. The van der Waals surface area contributed by atoms with E-state index >= 15 is 0 Å². The molecule has 1 aromatic heterocycles. The van der Waals surface area contributed by atoms with Crippen LogP contribution in [-0.2, 0) is 0 Å². The fourth-order valence-corrected chi connectivity index (χ4v) is 6.68. The van der Waals surface area contributed by atoms with Crippen molar-refractivity contribution in [2.24, 2.45) is 17.3 Å². The SMILES string of the molecule is Cc1cc2c([nH]c3ccccc32)c2c1O[C@]1(C)CC[C@H]3[C@@H]1[C@@H]2C3(C)C. The van der Waals surface area contributed by atoms with Gasteiger partial charge >= 0.3 is 0 Å². The topological polar surface area (TPSA) is 25.0 Å². The van der Waals surface area contributed by atoms with Crippen molar-refractivity contribution in [2.45, 2.75) is 52.1 Å². The molecule has 3 aliphatic rings. The Morgan fingerprint density at radius 3 is 2.76 bits per heavy atom. The molecule has 2 heterocycles. The minimum Gasteiger partial charge on any atom is -0.487 e. The number of H-pyrrole nitrogens is 1. The van der Waals surface area contributed by atoms with Gasteiger partial charge < -0.3 is 9.72 Å². The van der Waals surface area contributed by atoms with Gasteiger partial charge in [0.2, 0.25) is 0 Å². The van der Waals surface area contributed by atoms with E-state index in [0.29, 0.717) is 17.3 Å². The largest absolute Gasteiger partial charge is 0.487 e. The molecule has 2 aliphatic carbocycles. The predicted molar refractivity (Wildman–Crippen MR) is 102 cm³/mol. The molecule has 2 fully saturated rings. The van der Waals surface area contributed by atoms with Crippen molar-refractivity contribution in [3.63, 3.8) is 0 Å². The Morgan fingerprint density at radius 1 is 1.12 bits per heavy atom. The lowest BCUT2D eigenvalue weighted by Gasteiger charge is -2.62. The first-order chi connectivity index (χ1) is 11.9. The summed E-state index contributed by atoms with van der Waals surface area (Å²) in [5.41, 5.74) is 5.68. The summed E-state index contributed by atoms with van der Waals surface area (Å²) in [6.07, 6.45) is 2.51. The van der Waals surface area contributed by atoms with Crippen LogP contribution in [0.5, 0.6) is 5.75 Å². The average Bonchev–Trinajstić information content (AvgIpc) is 3.10. The minimum absolute atomic E-state index is 0.0301. The van der Waals surface area contributed by atoms with Crippen molar-refractivity contribution >= 4 is 21.8 Å². The first-order valence-electron chi connectivity index (χ1n) is 9.65. The second-order valence-electron chi connectivity index (χ2n) is 9.41. The van der Waals surface area contributed by atoms with Gasteiger partial charge in [-0.25, -0.2) is 0 Å². The molecule has 3 aromatic rings. The Morgan fingerprint density at radius 2 is 1.92 bits per heavy atom. The van der Waals surface area contributed by atoms with Gasteiger partial charge in [-0.2, -0.15) is 0 Å². The van der Waals surface area contributed by atoms with Crippen LogP contribution in [0.3, 0.4) is 0 Å². The highest BCUT2D eigenvalue weighted by Gasteiger charge is 2.69. The molecule has 25 heavy (non-hydrogen) atoms. The highest BCUT2D eigenvalue weighted by Crippen LogP contribution is 2.74. The zero-order chi connectivity index (χ0) is 17.1. The second kappa shape index (κ2) is 4.06. The molecule has 0 bridgehead atoms. The molecule has 2 nitrogen and oxygen atoms in total. The third-order valence-electron chi connectivity index (χ3n) is 7.83. The number of hydrogen-bond donors (Lipinski definition) is 1. The van der Waals surface area contributed by atoms with Crippen molar-refractivity contribution in [3.8, 4) is 5.75 Å². The first kappa shape index (κ1) is 14.2. The van der Waals surface area contributed by atoms with E-state index in [1.165, 1.54) is 45.8 Å². The van der Waals surface area contributed by atoms with Gasteiger partial charge in [0.15, 0.2) is 0 Å². The summed E-state index contributed by atoms with van der Waals surface area (Å²) in [5.74, 6) is 3.24. The molecule has 1 N–H and O–H groups in total. The lowest BCUT2D eigenvalue weighted by molar-refractivity contribution is -0.119. The van der Waals surface area contributed by atoms with E-state index in [9.17, 15) is 0 Å². The number of nitrogens with one attached hydrogen (secondary N) is 1. The fraction of sp³-hybridized carbons (Fsp3) is 0.478. The molecule has 0 radical (unpaired) electrons. The zero-order valence-corrected chi connectivity index (χ0v) is 15.4. The lowest BCUT2D eigenvalue weighted by atomic mass is 9.45. The number of aromatic amines is 1. The van der Waals surface area contributed by atoms with E-state index in [4.69, 9.17) is 4.74 Å². The third kappa shape index (κ3) is 1.45. The van der Waals surface area contributed by atoms with Gasteiger partial charge in [0.1, 0.15) is 11.4 Å². The smallest absolute Gasteiger partial charge is 0.128 e. The van der Waals surface area contributed by atoms with Crippen LogP contribution in [0.15, 0.2) is 30.3 Å². The number of rotatable bonds is 0. The number of fused-ring (bicyclic) bond motifs is 6. The lowest BCUT2D eigenvalue weighted by Crippen LogP contribution is -2.59. The van der Waals surface area contributed by atoms with Crippen molar-refractivity contribution in [1.29, 1.82) is 0 Å². The van der Waals surface area contributed by atoms with Crippen LogP contribution in [0.25, 0.3) is 21.8 Å². The van der Waals surface area contributed by atoms with E-state index in [-0.39, 0.29) is 5.60 Å². The van der Waals surface area contributed by atoms with Gasteiger partial charge in [-0.05, 0) is 55.7 Å². The van der Waals surface area contributed by atoms with Crippen LogP contribution in [0.4, 0.5) is 0 Å². The average molecular weight is 331 g/mol. The standard InChI is InChI=1S/C23H25NO/c1-12-11-14-13-7-5-6-8-16(13)24-20(14)17-19-18-15(22(19,2)3)9-10-23(18,4)25-21(12)17/h5-8,11,15,18-19,24H,9-10H2,1-4H3/t15-,18+,19+,23+/m0/s1. The van der Waals surface area contributed by atoms with Crippen LogP contribution >= 0.6 is 0 Å². The maximum Gasteiger partial charge on any atom is 0.128 e. The summed E-state index contributed by atoms with van der Waals surface area (Å²) in [4.78, 5) is 3.74. The van der Waals surface area contributed by atoms with Crippen LogP contribution in [0, 0.1) is 24.2 Å². The summed E-state index contributed by atoms with van der Waals surface area (Å²) in [6.45, 7) is 9.55. The van der Waals surface area contributed by atoms with Gasteiger partial charge in [-0.1, -0.05) is 32.0 Å². The van der Waals surface area contributed by atoms with E-state index in [2.05, 4.69) is 63.0 Å². The quantitative estimate of drug-likeness (QED) is 0.542. The van der Waals surface area contributed by atoms with Crippen LogP contribution < -0.4 is 4.74 Å². The summed E-state index contributed by atoms with van der Waals surface area (Å²) >= 11 is 0. The Kier molecular flexibility index (Phi) is 2.31. The molecule has 6 rings (SSSR count). The summed E-state index contributed by atoms with van der Waals surface area (Å²) < 4.78 is 6.75. The number of para-hydroxylation sites is 1. The number of hydrogen-bond acceptors (Lipinski definition) is 1. The highest BCUT2D eigenvalue weighted by atomic mass is 16.5. The molecule has 1 aliphatic heterocycles. The summed E-state index contributed by atoms with van der Waals surface area (Å²) in [6, 6.07) is 11.0. The van der Waals surface area contributed by atoms with Gasteiger partial charge in [-0.3, -0.25) is 0 Å². The highest BCUT2D eigenvalue weighted by molar-refractivity contribution is 6.09. The molecular weight excluding hydrogens is 306 g/mol. The maximum absolute atomic E-state index is 6.75. The molecular formula is C23H25NO. The fourth-order valence-electron chi connectivity index (χ4n) is 6.68. The second-order valence-corrected chi connectivity index (χ2v) is 9.41. The number of benzene rings is 2. The molecule has 0 saturated heterocycles. The van der Waals surface area contributed by atoms with Gasteiger partial charge in [-0.15, -0.1) is 0 Å². The monoisotopic (exact) mass is 331 g/mol. The van der Waals surface area contributed by atoms with Gasteiger partial charge in [0, 0.05) is 33.7 Å². The van der Waals surface area contributed by atoms with Gasteiger partial charge in [0.25, 0.3) is 0 Å². The predicted octanol–water partition coefficient (Wildman–Crippen LogP) is 5.93. The van der Waals surface area contributed by atoms with Crippen molar-refractivity contribution in [2.75, 3.05) is 0 Å². The Labute approximate surface area is 148 Å². The Balaban J connectivity index is 1.74. The van der Waals surface area contributed by atoms with Crippen molar-refractivity contribution < 1.29 is 4.74 Å². The van der Waals surface area contributed by atoms with E-state index in [1.54, 1.807) is 0 Å². The van der Waals surface area contributed by atoms with Crippen molar-refractivity contribution in [1.82, 2.24) is 4.98 Å². The first-order valence-corrected chi connectivity index (χ1v) is 9.65.